The summed E-state index contributed by atoms with van der Waals surface area (Å²) in [6.45, 7) is 5.96. The number of fused-ring (bicyclic) bond motifs is 1. The van der Waals surface area contributed by atoms with Gasteiger partial charge in [0.15, 0.2) is 5.58 Å². The van der Waals surface area contributed by atoms with Crippen LogP contribution < -0.4 is 5.32 Å². The van der Waals surface area contributed by atoms with Crippen molar-refractivity contribution in [3.8, 4) is 17.5 Å². The maximum atomic E-state index is 13.0. The van der Waals surface area contributed by atoms with Gasteiger partial charge in [-0.2, -0.15) is 18.4 Å². The molecule has 1 amide bonds. The Morgan fingerprint density at radius 2 is 1.95 bits per heavy atom. The van der Waals surface area contributed by atoms with E-state index in [4.69, 9.17) is 9.15 Å². The fraction of sp³-hybridized carbons (Fsp3) is 0.367. The zero-order valence-electron chi connectivity index (χ0n) is 23.1. The molecule has 2 aromatic heterocycles. The molecule has 12 heteroatoms. The first-order valence-corrected chi connectivity index (χ1v) is 13.6. The fourth-order valence-corrected chi connectivity index (χ4v) is 4.77. The third-order valence-electron chi connectivity index (χ3n) is 7.04. The topological polar surface area (TPSA) is 117 Å². The van der Waals surface area contributed by atoms with E-state index in [9.17, 15) is 23.2 Å². The molecular formula is C30H29F3N6O3. The van der Waals surface area contributed by atoms with Gasteiger partial charge in [-0.3, -0.25) is 9.69 Å². The number of amides is 1. The quantitative estimate of drug-likeness (QED) is 0.313. The number of ether oxygens (including phenoxy) is 1. The van der Waals surface area contributed by atoms with Crippen LogP contribution in [0.4, 0.5) is 13.2 Å². The molecule has 0 spiro atoms. The van der Waals surface area contributed by atoms with Crippen LogP contribution in [0.25, 0.3) is 22.6 Å². The van der Waals surface area contributed by atoms with Crippen molar-refractivity contribution in [2.75, 3.05) is 26.2 Å². The predicted molar refractivity (Wildman–Crippen MR) is 147 cm³/mol. The van der Waals surface area contributed by atoms with Gasteiger partial charge in [-0.15, -0.1) is 0 Å². The second-order valence-corrected chi connectivity index (χ2v) is 10.4. The largest absolute Gasteiger partial charge is 0.436 e. The van der Waals surface area contributed by atoms with Gasteiger partial charge in [-0.25, -0.2) is 15.0 Å². The van der Waals surface area contributed by atoms with Crippen LogP contribution in [0.15, 0.2) is 53.1 Å². The van der Waals surface area contributed by atoms with E-state index in [0.29, 0.717) is 66.3 Å². The minimum Gasteiger partial charge on any atom is -0.436 e. The lowest BCUT2D eigenvalue weighted by Gasteiger charge is -2.18. The van der Waals surface area contributed by atoms with Crippen molar-refractivity contribution in [3.63, 3.8) is 0 Å². The van der Waals surface area contributed by atoms with Gasteiger partial charge in [-0.1, -0.05) is 13.8 Å². The molecule has 42 heavy (non-hydrogen) atoms. The summed E-state index contributed by atoms with van der Waals surface area (Å²) in [5.74, 6) is 0.394. The minimum absolute atomic E-state index is 0.102. The highest BCUT2D eigenvalue weighted by molar-refractivity contribution is 5.94. The Kier molecular flexibility index (Phi) is 8.51. The number of hydrogen-bond acceptors (Lipinski definition) is 8. The van der Waals surface area contributed by atoms with Gasteiger partial charge >= 0.3 is 6.18 Å². The lowest BCUT2D eigenvalue weighted by molar-refractivity contribution is -0.141. The van der Waals surface area contributed by atoms with E-state index in [-0.39, 0.29) is 30.3 Å². The van der Waals surface area contributed by atoms with Gasteiger partial charge in [0, 0.05) is 42.5 Å². The van der Waals surface area contributed by atoms with Crippen molar-refractivity contribution in [3.05, 3.63) is 76.9 Å². The SMILES string of the molecule is CC(C)c1cc(C#N)cc2nc(-c3ccc(C(=O)NC[C@@H]4CCN(Cc5nccc(C(F)(F)F)n5)CCO4)cc3)oc12. The highest BCUT2D eigenvalue weighted by Gasteiger charge is 2.33. The van der Waals surface area contributed by atoms with Gasteiger partial charge in [0.05, 0.1) is 30.9 Å². The zero-order chi connectivity index (χ0) is 29.9. The van der Waals surface area contributed by atoms with Gasteiger partial charge in [-0.05, 0) is 54.8 Å². The van der Waals surface area contributed by atoms with E-state index in [1.807, 2.05) is 24.8 Å². The molecule has 1 aliphatic heterocycles. The van der Waals surface area contributed by atoms with Crippen LogP contribution in [0.1, 0.15) is 59.2 Å². The molecule has 9 nitrogen and oxygen atoms in total. The number of hydrogen-bond donors (Lipinski definition) is 1. The Morgan fingerprint density at radius 3 is 2.67 bits per heavy atom. The molecule has 1 fully saturated rings. The summed E-state index contributed by atoms with van der Waals surface area (Å²) in [5.41, 5.74) is 2.88. The van der Waals surface area contributed by atoms with Crippen molar-refractivity contribution in [2.45, 2.75) is 45.0 Å². The summed E-state index contributed by atoms with van der Waals surface area (Å²) in [7, 11) is 0. The van der Waals surface area contributed by atoms with Crippen LogP contribution in [0.3, 0.4) is 0 Å². The fourth-order valence-electron chi connectivity index (χ4n) is 4.77. The Labute approximate surface area is 240 Å². The maximum absolute atomic E-state index is 13.0. The highest BCUT2D eigenvalue weighted by Crippen LogP contribution is 2.31. The molecule has 0 saturated carbocycles. The molecule has 0 bridgehead atoms. The molecule has 1 aliphatic rings. The summed E-state index contributed by atoms with van der Waals surface area (Å²) in [6.07, 6.45) is -3.06. The molecule has 2 aromatic carbocycles. The van der Waals surface area contributed by atoms with Gasteiger partial charge in [0.25, 0.3) is 5.91 Å². The summed E-state index contributed by atoms with van der Waals surface area (Å²) in [5, 5.41) is 12.3. The van der Waals surface area contributed by atoms with E-state index >= 15 is 0 Å². The first-order chi connectivity index (χ1) is 20.1. The number of nitrogens with zero attached hydrogens (tertiary/aromatic N) is 5. The normalized spacial score (nSPS) is 16.4. The summed E-state index contributed by atoms with van der Waals surface area (Å²) >= 11 is 0. The first-order valence-electron chi connectivity index (χ1n) is 13.6. The Bertz CT molecular complexity index is 1610. The number of nitrogens with one attached hydrogen (secondary N) is 1. The average Bonchev–Trinajstić information content (AvgIpc) is 3.28. The number of nitriles is 1. The smallest absolute Gasteiger partial charge is 0.433 e. The predicted octanol–water partition coefficient (Wildman–Crippen LogP) is 5.32. The number of carbonyl (C=O) groups is 1. The summed E-state index contributed by atoms with van der Waals surface area (Å²) in [4.78, 5) is 26.9. The number of benzene rings is 2. The molecule has 0 unspecified atom stereocenters. The molecule has 3 heterocycles. The first kappa shape index (κ1) is 29.2. The molecule has 0 radical (unpaired) electrons. The number of carbonyl (C=O) groups excluding carboxylic acids is 1. The number of aromatic nitrogens is 3. The monoisotopic (exact) mass is 578 g/mol. The molecule has 1 saturated heterocycles. The zero-order valence-corrected chi connectivity index (χ0v) is 23.1. The van der Waals surface area contributed by atoms with E-state index in [0.717, 1.165) is 17.8 Å². The van der Waals surface area contributed by atoms with Crippen LogP contribution in [0.5, 0.6) is 0 Å². The molecule has 218 valence electrons. The molecule has 0 aliphatic carbocycles. The lowest BCUT2D eigenvalue weighted by atomic mass is 10.00. The van der Waals surface area contributed by atoms with Crippen LogP contribution in [-0.2, 0) is 17.5 Å². The van der Waals surface area contributed by atoms with Crippen molar-refractivity contribution in [1.29, 1.82) is 5.26 Å². The molecule has 1 atom stereocenters. The van der Waals surface area contributed by atoms with E-state index < -0.39 is 11.9 Å². The second kappa shape index (κ2) is 12.3. The van der Waals surface area contributed by atoms with E-state index in [2.05, 4.69) is 26.3 Å². The van der Waals surface area contributed by atoms with E-state index in [1.165, 1.54) is 0 Å². The van der Waals surface area contributed by atoms with Gasteiger partial charge in [0.2, 0.25) is 5.89 Å². The van der Waals surface area contributed by atoms with Crippen LogP contribution in [0.2, 0.25) is 0 Å². The third kappa shape index (κ3) is 6.75. The summed E-state index contributed by atoms with van der Waals surface area (Å²) < 4.78 is 50.8. The lowest BCUT2D eigenvalue weighted by Crippen LogP contribution is -2.34. The van der Waals surface area contributed by atoms with Crippen molar-refractivity contribution >= 4 is 17.0 Å². The maximum Gasteiger partial charge on any atom is 0.433 e. The third-order valence-corrected chi connectivity index (χ3v) is 7.04. The number of rotatable bonds is 7. The molecule has 1 N–H and O–H groups in total. The number of halogens is 3. The van der Waals surface area contributed by atoms with E-state index in [1.54, 1.807) is 30.3 Å². The van der Waals surface area contributed by atoms with Gasteiger partial charge < -0.3 is 14.5 Å². The molecular weight excluding hydrogens is 549 g/mol. The van der Waals surface area contributed by atoms with Gasteiger partial charge in [0.1, 0.15) is 17.0 Å². The Balaban J connectivity index is 1.16. The Hall–Kier alpha value is -4.34. The van der Waals surface area contributed by atoms with Crippen LogP contribution >= 0.6 is 0 Å². The van der Waals surface area contributed by atoms with Crippen LogP contribution in [-0.4, -0.2) is 58.1 Å². The van der Waals surface area contributed by atoms with Crippen LogP contribution in [0, 0.1) is 11.3 Å². The molecule has 5 rings (SSSR count). The summed E-state index contributed by atoms with van der Waals surface area (Å²) in [6, 6.07) is 13.4. The highest BCUT2D eigenvalue weighted by atomic mass is 19.4. The van der Waals surface area contributed by atoms with Crippen molar-refractivity contribution in [2.24, 2.45) is 0 Å². The minimum atomic E-state index is -4.52. The van der Waals surface area contributed by atoms with Crippen molar-refractivity contribution in [1.82, 2.24) is 25.2 Å². The second-order valence-electron chi connectivity index (χ2n) is 10.4. The van der Waals surface area contributed by atoms with Crippen molar-refractivity contribution < 1.29 is 27.1 Å². The standard InChI is InChI=1S/C30H29F3N6O3/c1-18(2)23-13-19(15-34)14-24-27(23)42-29(37-24)21-5-3-20(4-6-21)28(40)36-16-22-8-10-39(11-12-41-22)17-26-35-9-7-25(38-26)30(31,32)33/h3-7,9,13-14,18,22H,8,10-12,16-17H2,1-2H3,(H,36,40)/t22-/m0/s1. The number of oxazole rings is 1. The average molecular weight is 579 g/mol. The number of alkyl halides is 3. The molecule has 4 aromatic rings. The Morgan fingerprint density at radius 1 is 1.17 bits per heavy atom.